The van der Waals surface area contributed by atoms with Gasteiger partial charge < -0.3 is 14.8 Å². The summed E-state index contributed by atoms with van der Waals surface area (Å²) < 4.78 is 39.1. The molecule has 0 bridgehead atoms. The van der Waals surface area contributed by atoms with E-state index in [-0.39, 0.29) is 10.8 Å². The van der Waals surface area contributed by atoms with Gasteiger partial charge in [-0.1, -0.05) is 23.8 Å². The van der Waals surface area contributed by atoms with Crippen molar-refractivity contribution in [1.82, 2.24) is 0 Å². The van der Waals surface area contributed by atoms with Crippen molar-refractivity contribution in [3.63, 3.8) is 0 Å². The Morgan fingerprint density at radius 1 is 0.871 bits per heavy atom. The van der Waals surface area contributed by atoms with Crippen LogP contribution in [-0.2, 0) is 10.0 Å². The quantitative estimate of drug-likeness (QED) is 0.625. The molecule has 1 aliphatic rings. The van der Waals surface area contributed by atoms with Gasteiger partial charge in [-0.05, 0) is 55.8 Å². The molecule has 8 heteroatoms. The van der Waals surface area contributed by atoms with Gasteiger partial charge in [0.25, 0.3) is 15.9 Å². The Morgan fingerprint density at radius 3 is 2.32 bits per heavy atom. The van der Waals surface area contributed by atoms with E-state index in [2.05, 4.69) is 10.0 Å². The van der Waals surface area contributed by atoms with Crippen LogP contribution >= 0.6 is 0 Å². The smallest absolute Gasteiger partial charge is 0.261 e. The zero-order chi connectivity index (χ0) is 22.0. The van der Waals surface area contributed by atoms with Crippen LogP contribution in [0.4, 0.5) is 11.4 Å². The van der Waals surface area contributed by atoms with Crippen LogP contribution in [0, 0.1) is 13.8 Å². The van der Waals surface area contributed by atoms with Gasteiger partial charge in [-0.15, -0.1) is 0 Å². The second-order valence-electron chi connectivity index (χ2n) is 7.26. The van der Waals surface area contributed by atoms with Gasteiger partial charge in [0.2, 0.25) is 0 Å². The molecule has 0 aromatic heterocycles. The average Bonchev–Trinajstić information content (AvgIpc) is 2.75. The van der Waals surface area contributed by atoms with E-state index < -0.39 is 10.0 Å². The second kappa shape index (κ2) is 8.31. The number of ether oxygens (including phenoxy) is 2. The lowest BCUT2D eigenvalue weighted by Gasteiger charge is -2.19. The fraction of sp³-hybridized carbons (Fsp3) is 0.174. The Bertz CT molecular complexity index is 1240. The predicted octanol–water partition coefficient (Wildman–Crippen LogP) is 4.13. The van der Waals surface area contributed by atoms with Crippen molar-refractivity contribution in [3.8, 4) is 11.5 Å². The van der Waals surface area contributed by atoms with Crippen molar-refractivity contribution in [1.29, 1.82) is 0 Å². The molecule has 0 radical (unpaired) electrons. The van der Waals surface area contributed by atoms with Crippen molar-refractivity contribution < 1.29 is 22.7 Å². The normalized spacial score (nSPS) is 12.8. The molecule has 0 atom stereocenters. The lowest BCUT2D eigenvalue weighted by Crippen LogP contribution is -2.17. The molecule has 160 valence electrons. The van der Waals surface area contributed by atoms with Crippen LogP contribution in [0.1, 0.15) is 21.5 Å². The lowest BCUT2D eigenvalue weighted by atomic mass is 10.1. The van der Waals surface area contributed by atoms with Crippen molar-refractivity contribution >= 4 is 27.3 Å². The highest BCUT2D eigenvalue weighted by Crippen LogP contribution is 2.33. The maximum absolute atomic E-state index is 12.8. The number of nitrogens with one attached hydrogen (secondary N) is 2. The molecule has 0 spiro atoms. The van der Waals surface area contributed by atoms with Gasteiger partial charge in [0.15, 0.2) is 11.5 Å². The van der Waals surface area contributed by atoms with Crippen molar-refractivity contribution in [3.05, 3.63) is 77.4 Å². The molecule has 3 aromatic carbocycles. The van der Waals surface area contributed by atoms with E-state index in [9.17, 15) is 13.2 Å². The number of fused-ring (bicyclic) bond motifs is 1. The zero-order valence-corrected chi connectivity index (χ0v) is 18.0. The molecule has 2 N–H and O–H groups in total. The summed E-state index contributed by atoms with van der Waals surface area (Å²) in [5.41, 5.74) is 2.88. The first-order valence-corrected chi connectivity index (χ1v) is 11.2. The van der Waals surface area contributed by atoms with E-state index in [1.807, 2.05) is 6.92 Å². The highest BCUT2D eigenvalue weighted by molar-refractivity contribution is 7.92. The highest BCUT2D eigenvalue weighted by Gasteiger charge is 2.17. The number of carbonyl (C=O) groups excluding carboxylic acids is 1. The monoisotopic (exact) mass is 438 g/mol. The molecule has 0 saturated carbocycles. The molecule has 1 heterocycles. The third-order valence-electron chi connectivity index (χ3n) is 4.88. The minimum Gasteiger partial charge on any atom is -0.486 e. The van der Waals surface area contributed by atoms with E-state index in [1.54, 1.807) is 61.5 Å². The number of amides is 1. The van der Waals surface area contributed by atoms with Crippen LogP contribution in [0.2, 0.25) is 0 Å². The van der Waals surface area contributed by atoms with Crippen LogP contribution in [0.15, 0.2) is 65.6 Å². The topological polar surface area (TPSA) is 93.7 Å². The summed E-state index contributed by atoms with van der Waals surface area (Å²) in [6.45, 7) is 4.60. The molecule has 4 rings (SSSR count). The Morgan fingerprint density at radius 2 is 1.58 bits per heavy atom. The molecule has 31 heavy (non-hydrogen) atoms. The molecule has 0 fully saturated rings. The van der Waals surface area contributed by atoms with Crippen LogP contribution in [-0.4, -0.2) is 27.5 Å². The number of carbonyl (C=O) groups is 1. The first-order chi connectivity index (χ1) is 14.8. The van der Waals surface area contributed by atoms with Crippen molar-refractivity contribution in [2.75, 3.05) is 23.3 Å². The predicted molar refractivity (Wildman–Crippen MR) is 119 cm³/mol. The maximum Gasteiger partial charge on any atom is 0.261 e. The Hall–Kier alpha value is -3.52. The summed E-state index contributed by atoms with van der Waals surface area (Å²) >= 11 is 0. The number of hydrogen-bond donors (Lipinski definition) is 2. The average molecular weight is 439 g/mol. The van der Waals surface area contributed by atoms with Crippen LogP contribution < -0.4 is 19.5 Å². The molecular weight excluding hydrogens is 416 g/mol. The summed E-state index contributed by atoms with van der Waals surface area (Å²) in [7, 11) is -3.78. The number of aryl methyl sites for hydroxylation is 2. The molecule has 1 aliphatic heterocycles. The number of rotatable bonds is 5. The summed E-state index contributed by atoms with van der Waals surface area (Å²) in [6, 6.07) is 16.6. The summed E-state index contributed by atoms with van der Waals surface area (Å²) in [5.74, 6) is 0.833. The van der Waals surface area contributed by atoms with E-state index in [0.717, 1.165) is 5.56 Å². The van der Waals surface area contributed by atoms with Crippen LogP contribution in [0.3, 0.4) is 0 Å². The molecule has 3 aromatic rings. The van der Waals surface area contributed by atoms with Crippen molar-refractivity contribution in [2.45, 2.75) is 18.7 Å². The zero-order valence-electron chi connectivity index (χ0n) is 17.1. The third-order valence-corrected chi connectivity index (χ3v) is 6.26. The SMILES string of the molecule is Cc1ccc(S(=O)(=O)Nc2cc(C(=O)Nc3ccc4c(c3)OCCO4)ccc2C)cc1. The second-order valence-corrected chi connectivity index (χ2v) is 8.94. The highest BCUT2D eigenvalue weighted by atomic mass is 32.2. The fourth-order valence-electron chi connectivity index (χ4n) is 3.12. The van der Waals surface area contributed by atoms with Gasteiger partial charge in [0.1, 0.15) is 13.2 Å². The molecule has 1 amide bonds. The van der Waals surface area contributed by atoms with Crippen LogP contribution in [0.5, 0.6) is 11.5 Å². The largest absolute Gasteiger partial charge is 0.486 e. The Labute approximate surface area is 181 Å². The fourth-order valence-corrected chi connectivity index (χ4v) is 4.24. The Kier molecular flexibility index (Phi) is 5.56. The molecule has 0 aliphatic carbocycles. The van der Waals surface area contributed by atoms with Gasteiger partial charge in [-0.25, -0.2) is 8.42 Å². The summed E-state index contributed by atoms with van der Waals surface area (Å²) in [5, 5.41) is 2.80. The molecule has 0 unspecified atom stereocenters. The standard InChI is InChI=1S/C23H22N2O5S/c1-15-3-8-19(9-4-15)31(27,28)25-20-13-17(6-5-16(20)2)23(26)24-18-7-10-21-22(14-18)30-12-11-29-21/h3-10,13-14,25H,11-12H2,1-2H3,(H,24,26). The van der Waals surface area contributed by atoms with E-state index in [1.165, 1.54) is 6.07 Å². The van der Waals surface area contributed by atoms with Gasteiger partial charge in [0.05, 0.1) is 10.6 Å². The summed E-state index contributed by atoms with van der Waals surface area (Å²) in [6.07, 6.45) is 0. The maximum atomic E-state index is 12.8. The van der Waals surface area contributed by atoms with E-state index in [0.29, 0.717) is 47.2 Å². The minimum atomic E-state index is -3.78. The van der Waals surface area contributed by atoms with Gasteiger partial charge >= 0.3 is 0 Å². The summed E-state index contributed by atoms with van der Waals surface area (Å²) in [4.78, 5) is 12.9. The van der Waals surface area contributed by atoms with Crippen molar-refractivity contribution in [2.24, 2.45) is 0 Å². The minimum absolute atomic E-state index is 0.156. The molecule has 7 nitrogen and oxygen atoms in total. The molecule has 0 saturated heterocycles. The van der Waals surface area contributed by atoms with E-state index >= 15 is 0 Å². The van der Waals surface area contributed by atoms with E-state index in [4.69, 9.17) is 9.47 Å². The number of benzene rings is 3. The molecular formula is C23H22N2O5S. The van der Waals surface area contributed by atoms with Gasteiger partial charge in [-0.3, -0.25) is 9.52 Å². The Balaban J connectivity index is 1.54. The first kappa shape index (κ1) is 20.7. The lowest BCUT2D eigenvalue weighted by molar-refractivity contribution is 0.102. The number of hydrogen-bond acceptors (Lipinski definition) is 5. The number of sulfonamides is 1. The van der Waals surface area contributed by atoms with Gasteiger partial charge in [-0.2, -0.15) is 0 Å². The first-order valence-electron chi connectivity index (χ1n) is 9.73. The number of anilines is 2. The van der Waals surface area contributed by atoms with Gasteiger partial charge in [0, 0.05) is 17.3 Å². The van der Waals surface area contributed by atoms with Crippen LogP contribution in [0.25, 0.3) is 0 Å². The third kappa shape index (κ3) is 4.64.